The van der Waals surface area contributed by atoms with Crippen LogP contribution in [0.5, 0.6) is 0 Å². The maximum atomic E-state index is 12.1. The van der Waals surface area contributed by atoms with Crippen molar-refractivity contribution in [1.29, 1.82) is 0 Å². The van der Waals surface area contributed by atoms with Crippen LogP contribution in [0.25, 0.3) is 10.8 Å². The lowest BCUT2D eigenvalue weighted by Crippen LogP contribution is -2.45. The number of amides is 1. The number of nitrogens with zero attached hydrogens (tertiary/aromatic N) is 1. The number of carboxylic acid groups (broad SMARTS) is 1. The molecule has 0 saturated carbocycles. The van der Waals surface area contributed by atoms with Crippen molar-refractivity contribution in [2.75, 3.05) is 13.1 Å². The third-order valence-corrected chi connectivity index (χ3v) is 4.69. The number of hydrogen-bond acceptors (Lipinski definition) is 4. The largest absolute Gasteiger partial charge is 0.481 e. The number of carbonyl (C=O) groups excluding carboxylic acids is 1. The highest BCUT2D eigenvalue weighted by molar-refractivity contribution is 5.85. The van der Waals surface area contributed by atoms with E-state index in [0.717, 1.165) is 16.3 Å². The van der Waals surface area contributed by atoms with Gasteiger partial charge in [0.15, 0.2) is 0 Å². The normalized spacial score (nSPS) is 20.6. The van der Waals surface area contributed by atoms with Crippen LogP contribution in [0, 0.1) is 5.92 Å². The number of hydrogen-bond donors (Lipinski definition) is 2. The van der Waals surface area contributed by atoms with Gasteiger partial charge in [0, 0.05) is 19.6 Å². The van der Waals surface area contributed by atoms with Crippen molar-refractivity contribution < 1.29 is 19.4 Å². The van der Waals surface area contributed by atoms with E-state index in [9.17, 15) is 14.7 Å². The maximum Gasteiger partial charge on any atom is 0.407 e. The molecule has 3 rings (SSSR count). The summed E-state index contributed by atoms with van der Waals surface area (Å²) in [5, 5.41) is 14.6. The molecule has 1 aliphatic rings. The monoisotopic (exact) mass is 370 g/mol. The molecule has 6 nitrogen and oxygen atoms in total. The Morgan fingerprint density at radius 2 is 1.85 bits per heavy atom. The van der Waals surface area contributed by atoms with Gasteiger partial charge in [-0.05, 0) is 37.1 Å². The lowest BCUT2D eigenvalue weighted by atomic mass is 10.0. The van der Waals surface area contributed by atoms with Crippen LogP contribution in [0.4, 0.5) is 4.79 Å². The molecule has 1 heterocycles. The van der Waals surface area contributed by atoms with Gasteiger partial charge in [0.25, 0.3) is 0 Å². The van der Waals surface area contributed by atoms with E-state index in [1.165, 1.54) is 0 Å². The van der Waals surface area contributed by atoms with Crippen LogP contribution in [-0.2, 0) is 16.1 Å². The Morgan fingerprint density at radius 1 is 1.15 bits per heavy atom. The Morgan fingerprint density at radius 3 is 2.56 bits per heavy atom. The van der Waals surface area contributed by atoms with Crippen LogP contribution in [0.2, 0.25) is 0 Å². The first kappa shape index (κ1) is 19.2. The Hall–Kier alpha value is -2.60. The molecule has 0 bridgehead atoms. The number of ether oxygens (including phenoxy) is 1. The summed E-state index contributed by atoms with van der Waals surface area (Å²) in [6.07, 6.45) is -0.578. The Labute approximate surface area is 159 Å². The number of fused-ring (bicyclic) bond motifs is 1. The minimum Gasteiger partial charge on any atom is -0.481 e. The minimum atomic E-state index is -0.906. The van der Waals surface area contributed by atoms with Gasteiger partial charge in [-0.25, -0.2) is 4.79 Å². The van der Waals surface area contributed by atoms with E-state index in [1.807, 2.05) is 18.2 Å². The summed E-state index contributed by atoms with van der Waals surface area (Å²) < 4.78 is 5.28. The van der Waals surface area contributed by atoms with Crippen molar-refractivity contribution in [2.45, 2.75) is 39.0 Å². The van der Waals surface area contributed by atoms with Crippen molar-refractivity contribution >= 4 is 22.8 Å². The number of likely N-dealkylation sites (tertiary alicyclic amines) is 1. The molecule has 2 unspecified atom stereocenters. The molecule has 2 aromatic rings. The predicted octanol–water partition coefficient (Wildman–Crippen LogP) is 3.25. The van der Waals surface area contributed by atoms with Gasteiger partial charge in [0.2, 0.25) is 0 Å². The van der Waals surface area contributed by atoms with Crippen LogP contribution >= 0.6 is 0 Å². The third-order valence-electron chi connectivity index (χ3n) is 4.69. The molecule has 2 atom stereocenters. The van der Waals surface area contributed by atoms with E-state index in [1.54, 1.807) is 20.8 Å². The highest BCUT2D eigenvalue weighted by Gasteiger charge is 2.39. The van der Waals surface area contributed by atoms with E-state index in [0.29, 0.717) is 19.6 Å². The highest BCUT2D eigenvalue weighted by atomic mass is 16.6. The first-order valence-corrected chi connectivity index (χ1v) is 9.14. The SMILES string of the molecule is CC(C)(C)OC(=O)NC1CN(Cc2cccc3ccccc23)CC1C(=O)O. The van der Waals surface area contributed by atoms with Gasteiger partial charge in [-0.15, -0.1) is 0 Å². The number of carbonyl (C=O) groups is 2. The lowest BCUT2D eigenvalue weighted by molar-refractivity contribution is -0.141. The molecular formula is C21H26N2O4. The molecule has 0 radical (unpaired) electrons. The second-order valence-electron chi connectivity index (χ2n) is 8.03. The molecule has 1 aliphatic heterocycles. The first-order valence-electron chi connectivity index (χ1n) is 9.14. The fourth-order valence-corrected chi connectivity index (χ4v) is 3.54. The fraction of sp³-hybridized carbons (Fsp3) is 0.429. The zero-order valence-electron chi connectivity index (χ0n) is 15.9. The van der Waals surface area contributed by atoms with E-state index in [2.05, 4.69) is 34.5 Å². The molecular weight excluding hydrogens is 344 g/mol. The van der Waals surface area contributed by atoms with E-state index < -0.39 is 29.6 Å². The van der Waals surface area contributed by atoms with E-state index in [4.69, 9.17) is 4.74 Å². The summed E-state index contributed by atoms with van der Waals surface area (Å²) in [4.78, 5) is 25.8. The second-order valence-corrected chi connectivity index (χ2v) is 8.03. The topological polar surface area (TPSA) is 78.9 Å². The zero-order chi connectivity index (χ0) is 19.6. The Balaban J connectivity index is 1.72. The summed E-state index contributed by atoms with van der Waals surface area (Å²) in [6, 6.07) is 13.8. The smallest absolute Gasteiger partial charge is 0.407 e. The quantitative estimate of drug-likeness (QED) is 0.864. The second kappa shape index (κ2) is 7.56. The van der Waals surface area contributed by atoms with Crippen LogP contribution < -0.4 is 5.32 Å². The van der Waals surface area contributed by atoms with Crippen molar-refractivity contribution in [3.05, 3.63) is 48.0 Å². The van der Waals surface area contributed by atoms with Crippen molar-refractivity contribution in [3.63, 3.8) is 0 Å². The van der Waals surface area contributed by atoms with E-state index >= 15 is 0 Å². The summed E-state index contributed by atoms with van der Waals surface area (Å²) in [6.45, 7) is 6.84. The van der Waals surface area contributed by atoms with Gasteiger partial charge in [0.1, 0.15) is 5.60 Å². The van der Waals surface area contributed by atoms with Crippen LogP contribution in [0.3, 0.4) is 0 Å². The average Bonchev–Trinajstić information content (AvgIpc) is 2.96. The molecule has 144 valence electrons. The third kappa shape index (κ3) is 4.77. The lowest BCUT2D eigenvalue weighted by Gasteiger charge is -2.23. The molecule has 2 N–H and O–H groups in total. The number of carboxylic acids is 1. The Bertz CT molecular complexity index is 838. The van der Waals surface area contributed by atoms with E-state index in [-0.39, 0.29) is 0 Å². The molecule has 1 saturated heterocycles. The Kier molecular flexibility index (Phi) is 5.37. The molecule has 0 aromatic heterocycles. The highest BCUT2D eigenvalue weighted by Crippen LogP contribution is 2.24. The van der Waals surface area contributed by atoms with Crippen LogP contribution in [0.15, 0.2) is 42.5 Å². The summed E-state index contributed by atoms with van der Waals surface area (Å²) >= 11 is 0. The number of nitrogens with one attached hydrogen (secondary N) is 1. The fourth-order valence-electron chi connectivity index (χ4n) is 3.54. The molecule has 27 heavy (non-hydrogen) atoms. The minimum absolute atomic E-state index is 0.388. The molecule has 6 heteroatoms. The average molecular weight is 370 g/mol. The number of benzene rings is 2. The first-order chi connectivity index (χ1) is 12.7. The van der Waals surface area contributed by atoms with Gasteiger partial charge in [-0.3, -0.25) is 9.69 Å². The van der Waals surface area contributed by atoms with Crippen LogP contribution in [0.1, 0.15) is 26.3 Å². The van der Waals surface area contributed by atoms with Gasteiger partial charge in [-0.2, -0.15) is 0 Å². The number of alkyl carbamates (subject to hydrolysis) is 1. The molecule has 0 spiro atoms. The molecule has 2 aromatic carbocycles. The number of rotatable bonds is 4. The summed E-state index contributed by atoms with van der Waals surface area (Å²) in [5.74, 6) is -1.57. The van der Waals surface area contributed by atoms with Gasteiger partial charge >= 0.3 is 12.1 Å². The van der Waals surface area contributed by atoms with Crippen molar-refractivity contribution in [2.24, 2.45) is 5.92 Å². The zero-order valence-corrected chi connectivity index (χ0v) is 15.9. The maximum absolute atomic E-state index is 12.1. The molecule has 1 amide bonds. The van der Waals surface area contributed by atoms with Gasteiger partial charge in [-0.1, -0.05) is 42.5 Å². The predicted molar refractivity (Wildman–Crippen MR) is 104 cm³/mol. The van der Waals surface area contributed by atoms with Crippen molar-refractivity contribution in [1.82, 2.24) is 10.2 Å². The standard InChI is InChI=1S/C21H26N2O4/c1-21(2,3)27-20(26)22-18-13-23(12-17(18)19(24)25)11-15-9-6-8-14-7-4-5-10-16(14)15/h4-10,17-18H,11-13H2,1-3H3,(H,22,26)(H,24,25). The van der Waals surface area contributed by atoms with Crippen molar-refractivity contribution in [3.8, 4) is 0 Å². The molecule has 1 fully saturated rings. The summed E-state index contributed by atoms with van der Waals surface area (Å²) in [5.41, 5.74) is 0.527. The van der Waals surface area contributed by atoms with Crippen LogP contribution in [-0.4, -0.2) is 46.8 Å². The molecule has 0 aliphatic carbocycles. The summed E-state index contributed by atoms with van der Waals surface area (Å²) in [7, 11) is 0. The number of aliphatic carboxylic acids is 1. The van der Waals surface area contributed by atoms with Gasteiger partial charge in [0.05, 0.1) is 12.0 Å². The van der Waals surface area contributed by atoms with Gasteiger partial charge < -0.3 is 15.2 Å².